The van der Waals surface area contributed by atoms with Crippen molar-refractivity contribution in [3.8, 4) is 56.6 Å². The number of hydrogen-bond donors (Lipinski definition) is 0. The molecule has 8 rings (SSSR count). The average molecular weight is 1050 g/mol. The molecule has 3 aromatic heterocycles. The summed E-state index contributed by atoms with van der Waals surface area (Å²) in [5.74, 6) is 3.72. The Bertz CT molecular complexity index is 2420. The van der Waals surface area contributed by atoms with Gasteiger partial charge in [-0.3, -0.25) is 9.97 Å². The van der Waals surface area contributed by atoms with E-state index in [0.29, 0.717) is 40.6 Å². The van der Waals surface area contributed by atoms with E-state index >= 15 is 0 Å². The molecule has 0 fully saturated rings. The molecule has 7 aromatic rings. The summed E-state index contributed by atoms with van der Waals surface area (Å²) in [6.45, 7) is 17.1. The molecule has 9 heteroatoms. The Hall–Kier alpha value is -4.72. The SMILES string of the molecule is CC(C)c1cc(Oc2[c-]c3c(cc2)-c2ccc(Oc4[c-]c(-c5cc(C(C)C)ccn5)cc(C(C)C)c4)[c-]c2B3c2ncccn2)[c-]c(-c2cc(C(C)C)ccn2)c1.[Pd+2].[Pt+2]. The van der Waals surface area contributed by atoms with Gasteiger partial charge in [0, 0.05) is 47.8 Å². The van der Waals surface area contributed by atoms with Crippen LogP contribution in [0.3, 0.4) is 0 Å². The fraction of sp³-hybridized carbons (Fsp3) is 0.240. The topological polar surface area (TPSA) is 70.0 Å². The molecule has 0 saturated heterocycles. The van der Waals surface area contributed by atoms with Gasteiger partial charge in [-0.05, 0) is 53.3 Å². The van der Waals surface area contributed by atoms with Gasteiger partial charge < -0.3 is 19.4 Å². The summed E-state index contributed by atoms with van der Waals surface area (Å²) in [7, 11) is 0. The van der Waals surface area contributed by atoms with E-state index in [4.69, 9.17) is 29.4 Å². The minimum Gasteiger partial charge on any atom is -0.503 e. The molecule has 4 aromatic carbocycles. The van der Waals surface area contributed by atoms with Crippen LogP contribution in [0.4, 0.5) is 0 Å². The summed E-state index contributed by atoms with van der Waals surface area (Å²) in [6, 6.07) is 41.0. The summed E-state index contributed by atoms with van der Waals surface area (Å²) in [6.07, 6.45) is 7.28. The average Bonchev–Trinajstić information content (AvgIpc) is 3.53. The van der Waals surface area contributed by atoms with E-state index in [-0.39, 0.29) is 60.0 Å². The molecule has 0 saturated carbocycles. The molecular weight excluding hydrogens is 1000 g/mol. The van der Waals surface area contributed by atoms with Crippen LogP contribution in [0, 0.1) is 24.3 Å². The van der Waals surface area contributed by atoms with Gasteiger partial charge in [0.05, 0.1) is 5.72 Å². The number of fused-ring (bicyclic) bond motifs is 3. The minimum atomic E-state index is -0.336. The number of pyridine rings is 2. The van der Waals surface area contributed by atoms with Gasteiger partial charge in [0.1, 0.15) is 0 Å². The molecule has 300 valence electrons. The zero-order valence-electron chi connectivity index (χ0n) is 34.4. The van der Waals surface area contributed by atoms with Crippen molar-refractivity contribution in [2.75, 3.05) is 0 Å². The Morgan fingerprint density at radius 3 is 1.29 bits per heavy atom. The zero-order valence-corrected chi connectivity index (χ0v) is 38.3. The van der Waals surface area contributed by atoms with Gasteiger partial charge in [-0.1, -0.05) is 103 Å². The molecule has 0 aliphatic carbocycles. The molecular formula is C50H45BN4O2PdPt. The van der Waals surface area contributed by atoms with Gasteiger partial charge >= 0.3 is 41.5 Å². The first-order valence-corrected chi connectivity index (χ1v) is 19.8. The molecule has 1 aliphatic heterocycles. The molecule has 0 amide bonds. The van der Waals surface area contributed by atoms with Crippen LogP contribution in [0.15, 0.2) is 104 Å². The Kier molecular flexibility index (Phi) is 13.9. The second-order valence-electron chi connectivity index (χ2n) is 16.0. The van der Waals surface area contributed by atoms with Gasteiger partial charge in [0.2, 0.25) is 6.71 Å². The molecule has 1 aliphatic rings. The molecule has 0 unspecified atom stereocenters. The first-order valence-electron chi connectivity index (χ1n) is 19.8. The van der Waals surface area contributed by atoms with Crippen LogP contribution >= 0.6 is 0 Å². The van der Waals surface area contributed by atoms with Crippen molar-refractivity contribution in [1.29, 1.82) is 0 Å². The van der Waals surface area contributed by atoms with E-state index in [2.05, 4.69) is 140 Å². The summed E-state index contributed by atoms with van der Waals surface area (Å²) in [4.78, 5) is 18.8. The van der Waals surface area contributed by atoms with Crippen molar-refractivity contribution in [2.24, 2.45) is 0 Å². The molecule has 59 heavy (non-hydrogen) atoms. The number of ether oxygens (including phenoxy) is 2. The van der Waals surface area contributed by atoms with Gasteiger partial charge in [-0.2, -0.15) is 34.2 Å². The first kappa shape index (κ1) is 43.8. The third-order valence-corrected chi connectivity index (χ3v) is 10.6. The molecule has 0 bridgehead atoms. The van der Waals surface area contributed by atoms with Crippen LogP contribution in [0.2, 0.25) is 0 Å². The van der Waals surface area contributed by atoms with Crippen LogP contribution in [-0.2, 0) is 41.5 Å². The Balaban J connectivity index is 0.00000293. The monoisotopic (exact) mass is 1050 g/mol. The summed E-state index contributed by atoms with van der Waals surface area (Å²) in [5, 5.41) is 0. The van der Waals surface area contributed by atoms with Crippen molar-refractivity contribution in [3.63, 3.8) is 0 Å². The number of nitrogens with zero attached hydrogens (tertiary/aromatic N) is 4. The van der Waals surface area contributed by atoms with Crippen molar-refractivity contribution in [1.82, 2.24) is 19.9 Å². The summed E-state index contributed by atoms with van der Waals surface area (Å²) in [5.41, 5.74) is 12.8. The Labute approximate surface area is 377 Å². The first-order chi connectivity index (χ1) is 27.5. The van der Waals surface area contributed by atoms with Gasteiger partial charge in [0.25, 0.3) is 0 Å². The van der Waals surface area contributed by atoms with E-state index in [0.717, 1.165) is 55.7 Å². The summed E-state index contributed by atoms with van der Waals surface area (Å²) < 4.78 is 13.2. The third kappa shape index (κ3) is 9.52. The molecule has 0 radical (unpaired) electrons. The smallest absolute Gasteiger partial charge is 0.503 e. The van der Waals surface area contributed by atoms with Crippen LogP contribution in [-0.4, -0.2) is 26.6 Å². The standard InChI is InChI=1S/C50H45BN4O2.Pd.Pt/c1-30(2)34-14-18-52-48(26-34)38-20-36(32(5)6)22-42(24-38)56-40-10-12-44-45-13-11-41(29-47(45)51(46(44)28-40)50-54-16-9-17-55-50)57-43-23-37(33(7)8)21-39(25-43)49-27-35(31(3)4)15-19-53-49;;/h9-23,26-27,30-33H,1-8H3;;/q-4;2*+2. The van der Waals surface area contributed by atoms with E-state index in [9.17, 15) is 0 Å². The Morgan fingerprint density at radius 2 is 0.881 bits per heavy atom. The van der Waals surface area contributed by atoms with Crippen LogP contribution in [0.25, 0.3) is 33.6 Å². The second kappa shape index (κ2) is 18.7. The molecule has 6 nitrogen and oxygen atoms in total. The number of benzene rings is 4. The molecule has 0 spiro atoms. The van der Waals surface area contributed by atoms with E-state index in [1.807, 2.05) is 30.6 Å². The maximum atomic E-state index is 6.59. The molecule has 0 N–H and O–H groups in total. The quantitative estimate of drug-likeness (QED) is 0.0950. The van der Waals surface area contributed by atoms with Gasteiger partial charge in [0.15, 0.2) is 0 Å². The largest absolute Gasteiger partial charge is 2.00 e. The number of aromatic nitrogens is 4. The maximum absolute atomic E-state index is 6.59. The van der Waals surface area contributed by atoms with Crippen LogP contribution in [0.1, 0.15) is 101 Å². The van der Waals surface area contributed by atoms with Crippen molar-refractivity contribution in [2.45, 2.75) is 79.1 Å². The van der Waals surface area contributed by atoms with Crippen LogP contribution < -0.4 is 26.1 Å². The number of rotatable bonds is 11. The second-order valence-corrected chi connectivity index (χ2v) is 16.0. The normalized spacial score (nSPS) is 11.7. The van der Waals surface area contributed by atoms with Crippen molar-refractivity contribution in [3.05, 3.63) is 150 Å². The number of hydrogen-bond acceptors (Lipinski definition) is 6. The van der Waals surface area contributed by atoms with Crippen LogP contribution in [0.5, 0.6) is 23.0 Å². The van der Waals surface area contributed by atoms with E-state index in [1.54, 1.807) is 12.4 Å². The van der Waals surface area contributed by atoms with Gasteiger partial charge in [-0.15, -0.1) is 58.7 Å². The third-order valence-electron chi connectivity index (χ3n) is 10.6. The summed E-state index contributed by atoms with van der Waals surface area (Å²) >= 11 is 0. The van der Waals surface area contributed by atoms with Crippen molar-refractivity contribution >= 4 is 23.4 Å². The van der Waals surface area contributed by atoms with E-state index in [1.165, 1.54) is 11.1 Å². The predicted octanol–water partition coefficient (Wildman–Crippen LogP) is 10.4. The van der Waals surface area contributed by atoms with E-state index < -0.39 is 0 Å². The van der Waals surface area contributed by atoms with Gasteiger partial charge in [-0.25, -0.2) is 0 Å². The van der Waals surface area contributed by atoms with Crippen molar-refractivity contribution < 1.29 is 51.0 Å². The molecule has 0 atom stereocenters. The maximum Gasteiger partial charge on any atom is 2.00 e. The predicted molar refractivity (Wildman–Crippen MR) is 230 cm³/mol. The Morgan fingerprint density at radius 1 is 0.458 bits per heavy atom. The minimum absolute atomic E-state index is 0. The zero-order chi connectivity index (χ0) is 39.8. The fourth-order valence-corrected chi connectivity index (χ4v) is 7.21. The molecule has 4 heterocycles. The fourth-order valence-electron chi connectivity index (χ4n) is 7.21.